The summed E-state index contributed by atoms with van der Waals surface area (Å²) in [7, 11) is -3.67. The van der Waals surface area contributed by atoms with E-state index in [1.165, 1.54) is 16.6 Å². The predicted octanol–water partition coefficient (Wildman–Crippen LogP) is 0.0648. The number of nitrogens with zero attached hydrogens (tertiary/aromatic N) is 4. The lowest BCUT2D eigenvalue weighted by atomic mass is 10.4. The smallest absolute Gasteiger partial charge is 0.263 e. The maximum atomic E-state index is 12.5. The highest BCUT2D eigenvalue weighted by atomic mass is 32.2. The molecule has 0 unspecified atom stereocenters. The molecule has 0 amide bonds. The summed E-state index contributed by atoms with van der Waals surface area (Å²) < 4.78 is 28.3. The average molecular weight is 279 g/mol. The van der Waals surface area contributed by atoms with E-state index in [2.05, 4.69) is 9.97 Å². The molecule has 1 aliphatic heterocycles. The third-order valence-electron chi connectivity index (χ3n) is 3.09. The van der Waals surface area contributed by atoms with Crippen molar-refractivity contribution in [2.24, 2.45) is 0 Å². The summed E-state index contributed by atoms with van der Waals surface area (Å²) in [6.07, 6.45) is 4.93. The molecule has 3 rings (SSSR count). The number of aromatic nitrogens is 3. The van der Waals surface area contributed by atoms with Crippen LogP contribution < -0.4 is 5.73 Å². The highest BCUT2D eigenvalue weighted by Crippen LogP contribution is 2.22. The molecular formula is C11H13N5O2S. The Morgan fingerprint density at radius 2 is 2.05 bits per heavy atom. The molecule has 2 aromatic rings. The van der Waals surface area contributed by atoms with Crippen LogP contribution in [0.4, 0.5) is 5.69 Å². The number of anilines is 1. The molecule has 0 bridgehead atoms. The maximum absolute atomic E-state index is 12.5. The number of nitrogen functional groups attached to an aromatic ring is 1. The van der Waals surface area contributed by atoms with E-state index in [1.807, 2.05) is 10.8 Å². The summed E-state index contributed by atoms with van der Waals surface area (Å²) in [5.41, 5.74) is 5.86. The number of sulfonamides is 1. The largest absolute Gasteiger partial charge is 0.396 e. The Kier molecular flexibility index (Phi) is 2.76. The molecule has 2 aromatic heterocycles. The van der Waals surface area contributed by atoms with Gasteiger partial charge in [0.25, 0.3) is 10.0 Å². The number of imidazole rings is 1. The minimum absolute atomic E-state index is 0.0880. The number of hydrogen-bond acceptors (Lipinski definition) is 5. The summed E-state index contributed by atoms with van der Waals surface area (Å²) in [6, 6.07) is 3.14. The van der Waals surface area contributed by atoms with Gasteiger partial charge in [-0.1, -0.05) is 0 Å². The molecule has 8 heteroatoms. The van der Waals surface area contributed by atoms with Gasteiger partial charge in [0.15, 0.2) is 5.03 Å². The Bertz CT molecular complexity index is 709. The summed E-state index contributed by atoms with van der Waals surface area (Å²) in [5.74, 6) is 0.726. The molecule has 19 heavy (non-hydrogen) atoms. The number of pyridine rings is 1. The van der Waals surface area contributed by atoms with Gasteiger partial charge in [0.05, 0.1) is 12.2 Å². The lowest BCUT2D eigenvalue weighted by Crippen LogP contribution is -2.38. The van der Waals surface area contributed by atoms with Crippen molar-refractivity contribution >= 4 is 15.7 Å². The van der Waals surface area contributed by atoms with Gasteiger partial charge in [-0.25, -0.2) is 18.4 Å². The van der Waals surface area contributed by atoms with E-state index in [0.717, 1.165) is 5.82 Å². The molecule has 0 radical (unpaired) electrons. The van der Waals surface area contributed by atoms with Crippen molar-refractivity contribution in [2.75, 3.05) is 12.3 Å². The molecule has 0 saturated heterocycles. The van der Waals surface area contributed by atoms with Crippen LogP contribution in [0.5, 0.6) is 0 Å². The Balaban J connectivity index is 1.97. The fraction of sp³-hybridized carbons (Fsp3) is 0.273. The second-order valence-corrected chi connectivity index (χ2v) is 6.13. The zero-order valence-electron chi connectivity index (χ0n) is 10.1. The van der Waals surface area contributed by atoms with Crippen LogP contribution in [0.3, 0.4) is 0 Å². The van der Waals surface area contributed by atoms with Gasteiger partial charge in [0.1, 0.15) is 5.82 Å². The van der Waals surface area contributed by atoms with Crippen molar-refractivity contribution < 1.29 is 8.42 Å². The van der Waals surface area contributed by atoms with Gasteiger partial charge in [0.2, 0.25) is 0 Å². The topological polar surface area (TPSA) is 94.1 Å². The molecule has 2 N–H and O–H groups in total. The highest BCUT2D eigenvalue weighted by molar-refractivity contribution is 7.89. The normalized spacial score (nSPS) is 16.2. The third kappa shape index (κ3) is 1.98. The number of rotatable bonds is 2. The Labute approximate surface area is 110 Å². The molecule has 7 nitrogen and oxygen atoms in total. The van der Waals surface area contributed by atoms with Crippen LogP contribution in [0, 0.1) is 0 Å². The highest BCUT2D eigenvalue weighted by Gasteiger charge is 2.31. The van der Waals surface area contributed by atoms with E-state index < -0.39 is 10.0 Å². The quantitative estimate of drug-likeness (QED) is 0.839. The summed E-state index contributed by atoms with van der Waals surface area (Å²) >= 11 is 0. The first-order chi connectivity index (χ1) is 9.09. The minimum Gasteiger partial charge on any atom is -0.396 e. The van der Waals surface area contributed by atoms with Crippen LogP contribution in [0.25, 0.3) is 0 Å². The van der Waals surface area contributed by atoms with E-state index in [9.17, 15) is 8.42 Å². The Morgan fingerprint density at radius 1 is 1.21 bits per heavy atom. The standard InChI is InChI=1S/C11H13N5O2S/c12-9-2-1-3-14-11(9)19(17,18)16-7-6-15-5-4-13-10(15)8-16/h1-5H,6-8,12H2. The third-order valence-corrected chi connectivity index (χ3v) is 4.92. The molecule has 0 saturated carbocycles. The molecule has 0 aliphatic carbocycles. The van der Waals surface area contributed by atoms with E-state index in [4.69, 9.17) is 5.73 Å². The van der Waals surface area contributed by atoms with Crippen LogP contribution in [0.2, 0.25) is 0 Å². The van der Waals surface area contributed by atoms with E-state index in [0.29, 0.717) is 13.1 Å². The summed E-state index contributed by atoms with van der Waals surface area (Å²) in [5, 5.41) is -0.0880. The van der Waals surface area contributed by atoms with Crippen LogP contribution in [-0.4, -0.2) is 33.8 Å². The van der Waals surface area contributed by atoms with Crippen molar-refractivity contribution in [1.29, 1.82) is 0 Å². The number of hydrogen-bond donors (Lipinski definition) is 1. The fourth-order valence-electron chi connectivity index (χ4n) is 2.10. The van der Waals surface area contributed by atoms with Gasteiger partial charge in [-0.15, -0.1) is 0 Å². The monoisotopic (exact) mass is 279 g/mol. The molecule has 0 fully saturated rings. The van der Waals surface area contributed by atoms with Crippen molar-refractivity contribution in [3.8, 4) is 0 Å². The van der Waals surface area contributed by atoms with Gasteiger partial charge in [-0.05, 0) is 12.1 Å². The SMILES string of the molecule is Nc1cccnc1S(=O)(=O)N1CCn2ccnc2C1. The van der Waals surface area contributed by atoms with Crippen molar-refractivity contribution in [3.63, 3.8) is 0 Å². The molecule has 0 spiro atoms. The van der Waals surface area contributed by atoms with Crippen LogP contribution in [0.1, 0.15) is 5.82 Å². The van der Waals surface area contributed by atoms with Crippen molar-refractivity contribution in [1.82, 2.24) is 18.8 Å². The lowest BCUT2D eigenvalue weighted by molar-refractivity contribution is 0.334. The molecular weight excluding hydrogens is 266 g/mol. The number of fused-ring (bicyclic) bond motifs is 1. The first-order valence-corrected chi connectivity index (χ1v) is 7.24. The van der Waals surface area contributed by atoms with Crippen LogP contribution in [-0.2, 0) is 23.1 Å². The van der Waals surface area contributed by atoms with Crippen molar-refractivity contribution in [2.45, 2.75) is 18.1 Å². The second-order valence-electron chi connectivity index (χ2n) is 4.27. The molecule has 0 atom stereocenters. The van der Waals surface area contributed by atoms with E-state index in [1.54, 1.807) is 12.3 Å². The maximum Gasteiger partial charge on any atom is 0.263 e. The molecule has 1 aliphatic rings. The van der Waals surface area contributed by atoms with E-state index in [-0.39, 0.29) is 17.3 Å². The summed E-state index contributed by atoms with van der Waals surface area (Å²) in [6.45, 7) is 1.22. The second kappa shape index (κ2) is 4.32. The first-order valence-electron chi connectivity index (χ1n) is 5.80. The Hall–Kier alpha value is -1.93. The van der Waals surface area contributed by atoms with Gasteiger partial charge in [0, 0.05) is 31.7 Å². The predicted molar refractivity (Wildman–Crippen MR) is 68.5 cm³/mol. The van der Waals surface area contributed by atoms with Gasteiger partial charge >= 0.3 is 0 Å². The first kappa shape index (κ1) is 12.1. The van der Waals surface area contributed by atoms with Crippen LogP contribution >= 0.6 is 0 Å². The Morgan fingerprint density at radius 3 is 2.84 bits per heavy atom. The van der Waals surface area contributed by atoms with Gasteiger partial charge in [-0.2, -0.15) is 4.31 Å². The van der Waals surface area contributed by atoms with Crippen LogP contribution in [0.15, 0.2) is 35.7 Å². The van der Waals surface area contributed by atoms with Crippen molar-refractivity contribution in [3.05, 3.63) is 36.5 Å². The average Bonchev–Trinajstić information content (AvgIpc) is 2.86. The minimum atomic E-state index is -3.67. The van der Waals surface area contributed by atoms with E-state index >= 15 is 0 Å². The molecule has 100 valence electrons. The zero-order chi connectivity index (χ0) is 13.5. The number of nitrogens with two attached hydrogens (primary N) is 1. The molecule has 3 heterocycles. The van der Waals surface area contributed by atoms with Gasteiger partial charge < -0.3 is 10.3 Å². The fourth-order valence-corrected chi connectivity index (χ4v) is 3.51. The zero-order valence-corrected chi connectivity index (χ0v) is 10.9. The lowest BCUT2D eigenvalue weighted by Gasteiger charge is -2.26. The molecule has 0 aromatic carbocycles. The van der Waals surface area contributed by atoms with Gasteiger partial charge in [-0.3, -0.25) is 0 Å². The summed E-state index contributed by atoms with van der Waals surface area (Å²) in [4.78, 5) is 8.03.